The van der Waals surface area contributed by atoms with Gasteiger partial charge in [0.15, 0.2) is 11.0 Å². The molecular weight excluding hydrogens is 313 g/mol. The van der Waals surface area contributed by atoms with Crippen LogP contribution in [0.1, 0.15) is 5.56 Å². The summed E-state index contributed by atoms with van der Waals surface area (Å²) in [6.07, 6.45) is 3.27. The molecule has 1 heterocycles. The number of halogens is 2. The summed E-state index contributed by atoms with van der Waals surface area (Å²) in [6.45, 7) is 0. The predicted octanol–water partition coefficient (Wildman–Crippen LogP) is 4.99. The standard InChI is InChI=1S/C18H13ClFN3/c19-18-17(20)10-15(12-21-18)14-8-6-13(7-9-14)11-22-23-16-4-2-1-3-5-16/h1-12,23H. The minimum atomic E-state index is -0.526. The first-order valence-corrected chi connectivity index (χ1v) is 7.36. The average Bonchev–Trinajstić information content (AvgIpc) is 2.59. The Kier molecular flexibility index (Phi) is 4.64. The van der Waals surface area contributed by atoms with Crippen LogP contribution in [0.15, 0.2) is 72.0 Å². The molecule has 0 spiro atoms. The van der Waals surface area contributed by atoms with Gasteiger partial charge >= 0.3 is 0 Å². The summed E-state index contributed by atoms with van der Waals surface area (Å²) >= 11 is 5.59. The lowest BCUT2D eigenvalue weighted by molar-refractivity contribution is 0.622. The van der Waals surface area contributed by atoms with E-state index in [2.05, 4.69) is 15.5 Å². The highest BCUT2D eigenvalue weighted by Crippen LogP contribution is 2.22. The van der Waals surface area contributed by atoms with Gasteiger partial charge in [-0.05, 0) is 29.3 Å². The summed E-state index contributed by atoms with van der Waals surface area (Å²) in [7, 11) is 0. The Hall–Kier alpha value is -2.72. The summed E-state index contributed by atoms with van der Waals surface area (Å²) in [5, 5.41) is 4.05. The van der Waals surface area contributed by atoms with Gasteiger partial charge in [-0.15, -0.1) is 0 Å². The fraction of sp³-hybridized carbons (Fsp3) is 0. The number of para-hydroxylation sites is 1. The first kappa shape index (κ1) is 15.2. The lowest BCUT2D eigenvalue weighted by Crippen LogP contribution is -1.90. The number of nitrogens with zero attached hydrogens (tertiary/aromatic N) is 2. The largest absolute Gasteiger partial charge is 0.279 e. The molecule has 0 unspecified atom stereocenters. The zero-order valence-electron chi connectivity index (χ0n) is 12.1. The van der Waals surface area contributed by atoms with E-state index in [1.807, 2.05) is 54.6 Å². The van der Waals surface area contributed by atoms with E-state index in [0.29, 0.717) is 5.56 Å². The van der Waals surface area contributed by atoms with Crippen molar-refractivity contribution in [2.24, 2.45) is 5.10 Å². The Morgan fingerprint density at radius 2 is 1.74 bits per heavy atom. The highest BCUT2D eigenvalue weighted by atomic mass is 35.5. The van der Waals surface area contributed by atoms with E-state index >= 15 is 0 Å². The SMILES string of the molecule is Fc1cc(-c2ccc(C=NNc3ccccc3)cc2)cnc1Cl. The first-order chi connectivity index (χ1) is 11.2. The molecule has 3 rings (SSSR count). The van der Waals surface area contributed by atoms with Gasteiger partial charge in [-0.25, -0.2) is 9.37 Å². The van der Waals surface area contributed by atoms with E-state index in [-0.39, 0.29) is 5.15 Å². The second-order valence-corrected chi connectivity index (χ2v) is 5.21. The third kappa shape index (κ3) is 3.93. The van der Waals surface area contributed by atoms with Crippen molar-refractivity contribution in [1.29, 1.82) is 0 Å². The number of pyridine rings is 1. The molecule has 5 heteroatoms. The van der Waals surface area contributed by atoms with Crippen molar-refractivity contribution in [3.05, 3.63) is 83.4 Å². The fourth-order valence-corrected chi connectivity index (χ4v) is 2.14. The number of hydrogen-bond donors (Lipinski definition) is 1. The Labute approximate surface area is 138 Å². The van der Waals surface area contributed by atoms with Crippen molar-refractivity contribution >= 4 is 23.5 Å². The van der Waals surface area contributed by atoms with Crippen LogP contribution in [0.5, 0.6) is 0 Å². The lowest BCUT2D eigenvalue weighted by atomic mass is 10.1. The van der Waals surface area contributed by atoms with Crippen LogP contribution < -0.4 is 5.43 Å². The van der Waals surface area contributed by atoms with Crippen LogP contribution in [-0.4, -0.2) is 11.2 Å². The first-order valence-electron chi connectivity index (χ1n) is 6.98. The van der Waals surface area contributed by atoms with Gasteiger partial charge in [0.2, 0.25) is 0 Å². The topological polar surface area (TPSA) is 37.3 Å². The number of hydrazone groups is 1. The molecule has 3 aromatic rings. The highest BCUT2D eigenvalue weighted by molar-refractivity contribution is 6.29. The number of anilines is 1. The van der Waals surface area contributed by atoms with E-state index in [4.69, 9.17) is 11.6 Å². The van der Waals surface area contributed by atoms with Crippen molar-refractivity contribution in [3.63, 3.8) is 0 Å². The maximum atomic E-state index is 13.4. The van der Waals surface area contributed by atoms with E-state index in [9.17, 15) is 4.39 Å². The molecule has 0 saturated carbocycles. The Morgan fingerprint density at radius 1 is 1.00 bits per heavy atom. The molecule has 23 heavy (non-hydrogen) atoms. The van der Waals surface area contributed by atoms with E-state index in [1.54, 1.807) is 12.4 Å². The Bertz CT molecular complexity index is 817. The van der Waals surface area contributed by atoms with Crippen molar-refractivity contribution < 1.29 is 4.39 Å². The summed E-state index contributed by atoms with van der Waals surface area (Å²) in [5.41, 5.74) is 6.34. The number of benzene rings is 2. The maximum absolute atomic E-state index is 13.4. The van der Waals surface area contributed by atoms with Gasteiger partial charge in [0.25, 0.3) is 0 Å². The van der Waals surface area contributed by atoms with E-state index < -0.39 is 5.82 Å². The van der Waals surface area contributed by atoms with Gasteiger partial charge in [0.1, 0.15) is 0 Å². The van der Waals surface area contributed by atoms with Crippen molar-refractivity contribution in [2.75, 3.05) is 5.43 Å². The summed E-state index contributed by atoms with van der Waals surface area (Å²) in [5.74, 6) is -0.526. The molecule has 3 nitrogen and oxygen atoms in total. The van der Waals surface area contributed by atoms with Crippen molar-refractivity contribution in [2.45, 2.75) is 0 Å². The molecule has 0 radical (unpaired) electrons. The number of nitrogens with one attached hydrogen (secondary N) is 1. The maximum Gasteiger partial charge on any atom is 0.164 e. The van der Waals surface area contributed by atoms with Gasteiger partial charge in [0.05, 0.1) is 11.9 Å². The number of hydrogen-bond acceptors (Lipinski definition) is 3. The smallest absolute Gasteiger partial charge is 0.164 e. The van der Waals surface area contributed by atoms with Gasteiger partial charge in [0, 0.05) is 11.8 Å². The summed E-state index contributed by atoms with van der Waals surface area (Å²) in [4.78, 5) is 3.81. The molecule has 0 bridgehead atoms. The Balaban J connectivity index is 1.70. The minimum absolute atomic E-state index is 0.121. The molecule has 0 aliphatic heterocycles. The second kappa shape index (κ2) is 7.03. The van der Waals surface area contributed by atoms with Crippen LogP contribution in [0.25, 0.3) is 11.1 Å². The third-order valence-corrected chi connectivity index (χ3v) is 3.50. The molecule has 0 fully saturated rings. The molecular formula is C18H13ClFN3. The van der Waals surface area contributed by atoms with Gasteiger partial charge in [-0.2, -0.15) is 5.10 Å². The molecule has 0 amide bonds. The van der Waals surface area contributed by atoms with Crippen LogP contribution in [0.3, 0.4) is 0 Å². The van der Waals surface area contributed by atoms with Crippen LogP contribution in [0, 0.1) is 5.82 Å². The Morgan fingerprint density at radius 3 is 2.43 bits per heavy atom. The molecule has 0 aliphatic carbocycles. The summed E-state index contributed by atoms with van der Waals surface area (Å²) < 4.78 is 13.4. The normalized spacial score (nSPS) is 10.9. The van der Waals surface area contributed by atoms with Crippen molar-refractivity contribution in [3.8, 4) is 11.1 Å². The van der Waals surface area contributed by atoms with Gasteiger partial charge < -0.3 is 0 Å². The van der Waals surface area contributed by atoms with Crippen molar-refractivity contribution in [1.82, 2.24) is 4.98 Å². The van der Waals surface area contributed by atoms with Gasteiger partial charge in [-0.3, -0.25) is 5.43 Å². The molecule has 1 N–H and O–H groups in total. The number of aromatic nitrogens is 1. The molecule has 0 aliphatic rings. The third-order valence-electron chi connectivity index (χ3n) is 3.22. The molecule has 2 aromatic carbocycles. The number of rotatable bonds is 4. The lowest BCUT2D eigenvalue weighted by Gasteiger charge is -2.03. The minimum Gasteiger partial charge on any atom is -0.279 e. The second-order valence-electron chi connectivity index (χ2n) is 4.85. The zero-order chi connectivity index (χ0) is 16.1. The monoisotopic (exact) mass is 325 g/mol. The van der Waals surface area contributed by atoms with E-state index in [1.165, 1.54) is 6.07 Å². The molecule has 114 valence electrons. The van der Waals surface area contributed by atoms with Crippen LogP contribution >= 0.6 is 11.6 Å². The van der Waals surface area contributed by atoms with Crippen LogP contribution in [0.4, 0.5) is 10.1 Å². The molecule has 0 atom stereocenters. The predicted molar refractivity (Wildman–Crippen MR) is 92.3 cm³/mol. The molecule has 0 saturated heterocycles. The molecule has 1 aromatic heterocycles. The highest BCUT2D eigenvalue weighted by Gasteiger charge is 2.04. The summed E-state index contributed by atoms with van der Waals surface area (Å²) in [6, 6.07) is 18.6. The quantitative estimate of drug-likeness (QED) is 0.417. The van der Waals surface area contributed by atoms with Crippen LogP contribution in [-0.2, 0) is 0 Å². The van der Waals surface area contributed by atoms with E-state index in [0.717, 1.165) is 16.8 Å². The average molecular weight is 326 g/mol. The fourth-order valence-electron chi connectivity index (χ4n) is 2.03. The zero-order valence-corrected chi connectivity index (χ0v) is 12.8. The van der Waals surface area contributed by atoms with Gasteiger partial charge in [-0.1, -0.05) is 54.1 Å². The van der Waals surface area contributed by atoms with Crippen LogP contribution in [0.2, 0.25) is 5.15 Å².